The zero-order chi connectivity index (χ0) is 25.7. The zero-order valence-corrected chi connectivity index (χ0v) is 20.0. The van der Waals surface area contributed by atoms with Crippen molar-refractivity contribution >= 4 is 29.2 Å². The largest absolute Gasteiger partial charge is 0.497 e. The normalized spacial score (nSPS) is 14.7. The van der Waals surface area contributed by atoms with E-state index in [-0.39, 0.29) is 23.6 Å². The van der Waals surface area contributed by atoms with E-state index in [0.717, 1.165) is 17.0 Å². The van der Waals surface area contributed by atoms with E-state index >= 15 is 0 Å². The summed E-state index contributed by atoms with van der Waals surface area (Å²) in [6.45, 7) is -0.151. The molecule has 186 valence electrons. The van der Waals surface area contributed by atoms with Gasteiger partial charge < -0.3 is 23.9 Å². The summed E-state index contributed by atoms with van der Waals surface area (Å²) in [4.78, 5) is 37.4. The van der Waals surface area contributed by atoms with E-state index in [4.69, 9.17) is 18.6 Å². The van der Waals surface area contributed by atoms with Gasteiger partial charge in [0.25, 0.3) is 5.91 Å². The lowest BCUT2D eigenvalue weighted by Crippen LogP contribution is -2.32. The number of furan rings is 1. The predicted molar refractivity (Wildman–Crippen MR) is 130 cm³/mol. The van der Waals surface area contributed by atoms with Crippen molar-refractivity contribution in [2.75, 3.05) is 33.2 Å². The lowest BCUT2D eigenvalue weighted by molar-refractivity contribution is -0.131. The van der Waals surface area contributed by atoms with Crippen molar-refractivity contribution in [2.24, 2.45) is 5.10 Å². The number of anilines is 1. The number of hydrogen-bond acceptors (Lipinski definition) is 9. The highest BCUT2D eigenvalue weighted by Crippen LogP contribution is 2.33. The summed E-state index contributed by atoms with van der Waals surface area (Å²) in [7, 11) is 4.08. The number of methoxy groups -OCH3 is 3. The lowest BCUT2D eigenvalue weighted by Gasteiger charge is -2.20. The van der Waals surface area contributed by atoms with Gasteiger partial charge in [-0.2, -0.15) is 5.10 Å². The molecule has 36 heavy (non-hydrogen) atoms. The molecule has 0 bridgehead atoms. The maximum atomic E-state index is 13.3. The maximum absolute atomic E-state index is 13.3. The Morgan fingerprint density at radius 1 is 1.00 bits per heavy atom. The number of nitrogens with one attached hydrogen (secondary N) is 1. The van der Waals surface area contributed by atoms with Gasteiger partial charge in [0, 0.05) is 12.1 Å². The molecule has 1 aliphatic rings. The van der Waals surface area contributed by atoms with Crippen LogP contribution < -0.4 is 10.1 Å². The second kappa shape index (κ2) is 10.8. The van der Waals surface area contributed by atoms with Gasteiger partial charge in [0.05, 0.1) is 51.0 Å². The van der Waals surface area contributed by atoms with E-state index in [0.29, 0.717) is 17.9 Å². The second-order valence-electron chi connectivity index (χ2n) is 7.88. The standard InChI is InChI=1S/C26H25N3O7/c1-33-20-8-6-16(7-9-20)21-14-22(23-5-4-10-36-23)29(28-21)24(30)15-27-19-12-17(25(31)34-2)11-18(13-19)26(32)35-3/h4-13,22,27H,14-15H2,1-3H3/t22-/m0/s1. The number of rotatable bonds is 8. The number of carbonyl (C=O) groups excluding carboxylic acids is 3. The highest BCUT2D eigenvalue weighted by atomic mass is 16.5. The summed E-state index contributed by atoms with van der Waals surface area (Å²) in [6.07, 6.45) is 2.02. The fraction of sp³-hybridized carbons (Fsp3) is 0.231. The van der Waals surface area contributed by atoms with Crippen LogP contribution in [-0.4, -0.2) is 56.4 Å². The lowest BCUT2D eigenvalue weighted by atomic mass is 10.0. The quantitative estimate of drug-likeness (QED) is 0.474. The first-order valence-corrected chi connectivity index (χ1v) is 11.1. The van der Waals surface area contributed by atoms with Crippen LogP contribution in [0.15, 0.2) is 70.4 Å². The molecular weight excluding hydrogens is 466 g/mol. The third kappa shape index (κ3) is 5.22. The molecule has 0 saturated heterocycles. The number of hydrazone groups is 1. The third-order valence-electron chi connectivity index (χ3n) is 5.68. The van der Waals surface area contributed by atoms with Crippen LogP contribution in [0.5, 0.6) is 5.75 Å². The Bertz CT molecular complexity index is 1250. The van der Waals surface area contributed by atoms with Gasteiger partial charge in [-0.1, -0.05) is 0 Å². The van der Waals surface area contributed by atoms with Gasteiger partial charge in [-0.25, -0.2) is 14.6 Å². The van der Waals surface area contributed by atoms with Gasteiger partial charge in [0.15, 0.2) is 0 Å². The Balaban J connectivity index is 1.56. The molecule has 3 aromatic rings. The van der Waals surface area contributed by atoms with Gasteiger partial charge in [0.1, 0.15) is 17.6 Å². The fourth-order valence-electron chi connectivity index (χ4n) is 3.86. The molecule has 10 nitrogen and oxygen atoms in total. The molecular formula is C26H25N3O7. The molecule has 10 heteroatoms. The predicted octanol–water partition coefficient (Wildman–Crippen LogP) is 3.65. The molecule has 1 aromatic heterocycles. The van der Waals surface area contributed by atoms with Crippen molar-refractivity contribution in [1.82, 2.24) is 5.01 Å². The number of esters is 2. The monoisotopic (exact) mass is 491 g/mol. The first-order chi connectivity index (χ1) is 17.4. The number of ether oxygens (including phenoxy) is 3. The number of amides is 1. The van der Waals surface area contributed by atoms with Gasteiger partial charge in [-0.15, -0.1) is 0 Å². The molecule has 1 aliphatic heterocycles. The molecule has 0 fully saturated rings. The van der Waals surface area contributed by atoms with Crippen LogP contribution in [-0.2, 0) is 14.3 Å². The minimum Gasteiger partial charge on any atom is -0.497 e. The van der Waals surface area contributed by atoms with Crippen molar-refractivity contribution in [1.29, 1.82) is 0 Å². The van der Waals surface area contributed by atoms with Gasteiger partial charge in [-0.3, -0.25) is 4.79 Å². The minimum atomic E-state index is -0.624. The molecule has 1 N–H and O–H groups in total. The van der Waals surface area contributed by atoms with Crippen molar-refractivity contribution in [2.45, 2.75) is 12.5 Å². The Kier molecular flexibility index (Phi) is 7.33. The SMILES string of the molecule is COC(=O)c1cc(NCC(=O)N2N=C(c3ccc(OC)cc3)C[C@H]2c2ccco2)cc(C(=O)OC)c1. The zero-order valence-electron chi connectivity index (χ0n) is 20.0. The van der Waals surface area contributed by atoms with Gasteiger partial charge in [-0.05, 0) is 60.2 Å². The first kappa shape index (κ1) is 24.5. The highest BCUT2D eigenvalue weighted by molar-refractivity contribution is 6.03. The number of benzene rings is 2. The van der Waals surface area contributed by atoms with Crippen LogP contribution in [0.1, 0.15) is 44.5 Å². The number of hydrogen-bond donors (Lipinski definition) is 1. The molecule has 2 heterocycles. The van der Waals surface area contributed by atoms with Crippen LogP contribution >= 0.6 is 0 Å². The summed E-state index contributed by atoms with van der Waals surface area (Å²) in [5.41, 5.74) is 2.26. The fourth-order valence-corrected chi connectivity index (χ4v) is 3.86. The molecule has 0 saturated carbocycles. The molecule has 1 atom stereocenters. The van der Waals surface area contributed by atoms with E-state index in [1.165, 1.54) is 37.4 Å². The third-order valence-corrected chi connectivity index (χ3v) is 5.68. The summed E-state index contributed by atoms with van der Waals surface area (Å²) < 4.78 is 20.3. The van der Waals surface area contributed by atoms with Gasteiger partial charge >= 0.3 is 11.9 Å². The Morgan fingerprint density at radius 3 is 2.22 bits per heavy atom. The van der Waals surface area contributed by atoms with Crippen molar-refractivity contribution < 1.29 is 33.0 Å². The molecule has 2 aromatic carbocycles. The topological polar surface area (TPSA) is 120 Å². The van der Waals surface area contributed by atoms with E-state index in [9.17, 15) is 14.4 Å². The van der Waals surface area contributed by atoms with E-state index in [2.05, 4.69) is 10.4 Å². The summed E-state index contributed by atoms with van der Waals surface area (Å²) in [5.74, 6) is -0.251. The molecule has 1 amide bonds. The van der Waals surface area contributed by atoms with Crippen LogP contribution in [0, 0.1) is 0 Å². The molecule has 0 spiro atoms. The van der Waals surface area contributed by atoms with E-state index in [1.807, 2.05) is 24.3 Å². The van der Waals surface area contributed by atoms with Crippen LogP contribution in [0.25, 0.3) is 0 Å². The smallest absolute Gasteiger partial charge is 0.337 e. The highest BCUT2D eigenvalue weighted by Gasteiger charge is 2.34. The molecule has 0 unspecified atom stereocenters. The Morgan fingerprint density at radius 2 is 1.67 bits per heavy atom. The van der Waals surface area contributed by atoms with Crippen LogP contribution in [0.4, 0.5) is 5.69 Å². The van der Waals surface area contributed by atoms with E-state index < -0.39 is 18.0 Å². The van der Waals surface area contributed by atoms with Crippen molar-refractivity contribution in [3.05, 3.63) is 83.3 Å². The Labute approximate surface area is 207 Å². The average Bonchev–Trinajstić information content (AvgIpc) is 3.61. The summed E-state index contributed by atoms with van der Waals surface area (Å²) in [6, 6.07) is 14.9. The second-order valence-corrected chi connectivity index (χ2v) is 7.88. The number of carbonyl (C=O) groups is 3. The van der Waals surface area contributed by atoms with Crippen molar-refractivity contribution in [3.63, 3.8) is 0 Å². The van der Waals surface area contributed by atoms with Crippen LogP contribution in [0.3, 0.4) is 0 Å². The van der Waals surface area contributed by atoms with E-state index in [1.54, 1.807) is 25.5 Å². The average molecular weight is 492 g/mol. The molecule has 0 radical (unpaired) electrons. The number of nitrogens with zero attached hydrogens (tertiary/aromatic N) is 2. The maximum Gasteiger partial charge on any atom is 0.337 e. The molecule has 4 rings (SSSR count). The first-order valence-electron chi connectivity index (χ1n) is 11.1. The summed E-state index contributed by atoms with van der Waals surface area (Å²) >= 11 is 0. The van der Waals surface area contributed by atoms with Crippen molar-refractivity contribution in [3.8, 4) is 5.75 Å². The minimum absolute atomic E-state index is 0.143. The van der Waals surface area contributed by atoms with Crippen LogP contribution in [0.2, 0.25) is 0 Å². The Hall–Kier alpha value is -4.60. The summed E-state index contributed by atoms with van der Waals surface area (Å²) in [5, 5.41) is 8.95. The van der Waals surface area contributed by atoms with Gasteiger partial charge in [0.2, 0.25) is 0 Å². The molecule has 0 aliphatic carbocycles.